The number of aromatic nitrogens is 1. The van der Waals surface area contributed by atoms with Gasteiger partial charge in [0.2, 0.25) is 0 Å². The van der Waals surface area contributed by atoms with E-state index in [0.29, 0.717) is 17.9 Å². The number of benzene rings is 1. The minimum Gasteiger partial charge on any atom is -0.361 e. The van der Waals surface area contributed by atoms with Gasteiger partial charge in [-0.2, -0.15) is 11.8 Å². The lowest BCUT2D eigenvalue weighted by atomic mass is 10.1. The molecule has 0 bridgehead atoms. The van der Waals surface area contributed by atoms with Crippen molar-refractivity contribution in [2.45, 2.75) is 5.37 Å². The maximum atomic E-state index is 12.7. The Morgan fingerprint density at radius 2 is 2.19 bits per heavy atom. The molecule has 0 aliphatic carbocycles. The van der Waals surface area contributed by atoms with Crippen molar-refractivity contribution in [3.8, 4) is 0 Å². The first-order valence-electron chi connectivity index (χ1n) is 6.61. The molecule has 1 saturated heterocycles. The zero-order chi connectivity index (χ0) is 15.0. The number of thioether (sulfide) groups is 1. The van der Waals surface area contributed by atoms with Gasteiger partial charge in [-0.05, 0) is 24.3 Å². The molecular weight excluding hydrogens is 308 g/mol. The molecule has 2 aromatic rings. The summed E-state index contributed by atoms with van der Waals surface area (Å²) in [6.07, 6.45) is 3.01. The molecular formula is C14H16N2O3S2. The van der Waals surface area contributed by atoms with Crippen molar-refractivity contribution < 1.29 is 13.2 Å². The number of hydrogen-bond acceptors (Lipinski definition) is 4. The second-order valence-electron chi connectivity index (χ2n) is 5.14. The lowest BCUT2D eigenvalue weighted by molar-refractivity contribution is 0.0750. The number of rotatable bonds is 2. The van der Waals surface area contributed by atoms with Crippen LogP contribution in [0, 0.1) is 0 Å². The first kappa shape index (κ1) is 14.5. The van der Waals surface area contributed by atoms with E-state index in [9.17, 15) is 13.2 Å². The van der Waals surface area contributed by atoms with E-state index in [1.807, 2.05) is 18.3 Å². The van der Waals surface area contributed by atoms with Gasteiger partial charge in [0.15, 0.2) is 9.84 Å². The lowest BCUT2D eigenvalue weighted by Crippen LogP contribution is -2.49. The van der Waals surface area contributed by atoms with E-state index in [1.165, 1.54) is 11.2 Å². The summed E-state index contributed by atoms with van der Waals surface area (Å²) in [6.45, 7) is 0.465. The van der Waals surface area contributed by atoms with Crippen LogP contribution in [0.3, 0.4) is 0 Å². The average Bonchev–Trinajstić information content (AvgIpc) is 2.93. The number of H-pyrrole nitrogens is 1. The molecule has 1 N–H and O–H groups in total. The van der Waals surface area contributed by atoms with Crippen molar-refractivity contribution in [1.29, 1.82) is 0 Å². The predicted octanol–water partition coefficient (Wildman–Crippen LogP) is 1.73. The number of amides is 1. The van der Waals surface area contributed by atoms with Crippen molar-refractivity contribution >= 4 is 38.4 Å². The van der Waals surface area contributed by atoms with Crippen LogP contribution in [-0.4, -0.2) is 53.9 Å². The zero-order valence-electron chi connectivity index (χ0n) is 11.6. The SMILES string of the molecule is CS(=O)(=O)C1CSCCN1C(=O)c1ccc2[nH]ccc2c1. The van der Waals surface area contributed by atoms with Crippen LogP contribution in [0.1, 0.15) is 10.4 Å². The van der Waals surface area contributed by atoms with Crippen molar-refractivity contribution in [3.05, 3.63) is 36.0 Å². The maximum Gasteiger partial charge on any atom is 0.254 e. The second-order valence-corrected chi connectivity index (χ2v) is 8.49. The molecule has 1 aromatic heterocycles. The standard InChI is InChI=1S/C14H16N2O3S2/c1-21(18,19)13-9-20-7-6-16(13)14(17)11-2-3-12-10(8-11)4-5-15-12/h2-5,8,13,15H,6-7,9H2,1H3. The van der Waals surface area contributed by atoms with Gasteiger partial charge in [-0.1, -0.05) is 0 Å². The Labute approximate surface area is 127 Å². The molecule has 1 aliphatic heterocycles. The number of sulfone groups is 1. The van der Waals surface area contributed by atoms with E-state index >= 15 is 0 Å². The Morgan fingerprint density at radius 3 is 2.95 bits per heavy atom. The number of carbonyl (C=O) groups is 1. The van der Waals surface area contributed by atoms with Crippen molar-refractivity contribution in [1.82, 2.24) is 9.88 Å². The second kappa shape index (κ2) is 5.38. The van der Waals surface area contributed by atoms with Gasteiger partial charge in [0.05, 0.1) is 0 Å². The highest BCUT2D eigenvalue weighted by molar-refractivity contribution is 8.00. The van der Waals surface area contributed by atoms with Crippen LogP contribution in [-0.2, 0) is 9.84 Å². The summed E-state index contributed by atoms with van der Waals surface area (Å²) in [5.74, 6) is 0.995. The summed E-state index contributed by atoms with van der Waals surface area (Å²) in [5, 5.41) is 0.216. The summed E-state index contributed by atoms with van der Waals surface area (Å²) in [7, 11) is -3.28. The van der Waals surface area contributed by atoms with E-state index in [2.05, 4.69) is 4.98 Å². The van der Waals surface area contributed by atoms with Crippen LogP contribution >= 0.6 is 11.8 Å². The smallest absolute Gasteiger partial charge is 0.254 e. The average molecular weight is 324 g/mol. The fourth-order valence-electron chi connectivity index (χ4n) is 2.52. The molecule has 1 unspecified atom stereocenters. The van der Waals surface area contributed by atoms with E-state index in [0.717, 1.165) is 16.7 Å². The third kappa shape index (κ3) is 2.80. The van der Waals surface area contributed by atoms with Crippen LogP contribution in [0.15, 0.2) is 30.5 Å². The molecule has 0 saturated carbocycles. The van der Waals surface area contributed by atoms with E-state index < -0.39 is 15.2 Å². The van der Waals surface area contributed by atoms with Crippen LogP contribution in [0.4, 0.5) is 0 Å². The monoisotopic (exact) mass is 324 g/mol. The van der Waals surface area contributed by atoms with Crippen LogP contribution in [0.25, 0.3) is 10.9 Å². The highest BCUT2D eigenvalue weighted by Crippen LogP contribution is 2.23. The van der Waals surface area contributed by atoms with E-state index in [-0.39, 0.29) is 5.91 Å². The molecule has 1 atom stereocenters. The van der Waals surface area contributed by atoms with Crippen LogP contribution < -0.4 is 0 Å². The van der Waals surface area contributed by atoms with Gasteiger partial charge in [0.25, 0.3) is 5.91 Å². The van der Waals surface area contributed by atoms with Gasteiger partial charge in [-0.15, -0.1) is 0 Å². The number of aromatic amines is 1. The molecule has 0 spiro atoms. The van der Waals surface area contributed by atoms with Crippen molar-refractivity contribution in [2.75, 3.05) is 24.3 Å². The van der Waals surface area contributed by atoms with Gasteiger partial charge in [-0.3, -0.25) is 4.79 Å². The predicted molar refractivity (Wildman–Crippen MR) is 85.3 cm³/mol. The molecule has 1 aliphatic rings. The largest absolute Gasteiger partial charge is 0.361 e. The molecule has 0 radical (unpaired) electrons. The zero-order valence-corrected chi connectivity index (χ0v) is 13.2. The minimum absolute atomic E-state index is 0.214. The topological polar surface area (TPSA) is 70.2 Å². The summed E-state index contributed by atoms with van der Waals surface area (Å²) in [5.41, 5.74) is 1.49. The molecule has 1 aromatic carbocycles. The summed E-state index contributed by atoms with van der Waals surface area (Å²) in [6, 6.07) is 7.28. The van der Waals surface area contributed by atoms with Crippen molar-refractivity contribution in [3.63, 3.8) is 0 Å². The number of carbonyl (C=O) groups excluding carboxylic acids is 1. The Kier molecular flexibility index (Phi) is 3.71. The normalized spacial score (nSPS) is 19.9. The third-order valence-corrected chi connectivity index (χ3v) is 6.28. The quantitative estimate of drug-likeness (QED) is 0.913. The number of nitrogens with one attached hydrogen (secondary N) is 1. The summed E-state index contributed by atoms with van der Waals surface area (Å²) >= 11 is 1.57. The number of fused-ring (bicyclic) bond motifs is 1. The van der Waals surface area contributed by atoms with Gasteiger partial charge in [0, 0.05) is 47.0 Å². The Bertz CT molecular complexity index is 782. The van der Waals surface area contributed by atoms with Gasteiger partial charge in [-0.25, -0.2) is 8.42 Å². The fraction of sp³-hybridized carbons (Fsp3) is 0.357. The molecule has 1 amide bonds. The molecule has 3 rings (SSSR count). The molecule has 1 fully saturated rings. The van der Waals surface area contributed by atoms with Gasteiger partial charge in [0.1, 0.15) is 5.37 Å². The highest BCUT2D eigenvalue weighted by atomic mass is 32.2. The van der Waals surface area contributed by atoms with Gasteiger partial charge >= 0.3 is 0 Å². The molecule has 21 heavy (non-hydrogen) atoms. The third-order valence-electron chi connectivity index (χ3n) is 3.64. The Morgan fingerprint density at radius 1 is 1.38 bits per heavy atom. The van der Waals surface area contributed by atoms with Crippen molar-refractivity contribution in [2.24, 2.45) is 0 Å². The fourth-order valence-corrected chi connectivity index (χ4v) is 5.34. The molecule has 112 valence electrons. The first-order valence-corrected chi connectivity index (χ1v) is 9.72. The maximum absolute atomic E-state index is 12.7. The Balaban J connectivity index is 1.95. The lowest BCUT2D eigenvalue weighted by Gasteiger charge is -2.34. The summed E-state index contributed by atoms with van der Waals surface area (Å²) < 4.78 is 23.8. The molecule has 5 nitrogen and oxygen atoms in total. The van der Waals surface area contributed by atoms with Crippen LogP contribution in [0.2, 0.25) is 0 Å². The number of nitrogens with zero attached hydrogens (tertiary/aromatic N) is 1. The minimum atomic E-state index is -3.28. The highest BCUT2D eigenvalue weighted by Gasteiger charge is 2.34. The number of hydrogen-bond donors (Lipinski definition) is 1. The van der Waals surface area contributed by atoms with E-state index in [4.69, 9.17) is 0 Å². The molecule has 7 heteroatoms. The van der Waals surface area contributed by atoms with Crippen LogP contribution in [0.5, 0.6) is 0 Å². The molecule has 2 heterocycles. The van der Waals surface area contributed by atoms with Gasteiger partial charge < -0.3 is 9.88 Å². The van der Waals surface area contributed by atoms with E-state index in [1.54, 1.807) is 23.9 Å². The Hall–Kier alpha value is -1.47. The summed E-state index contributed by atoms with van der Waals surface area (Å²) in [4.78, 5) is 17.2. The first-order chi connectivity index (χ1) is 9.97.